The van der Waals surface area contributed by atoms with Crippen molar-refractivity contribution in [2.24, 2.45) is 0 Å². The van der Waals surface area contributed by atoms with Crippen LogP contribution in [0.1, 0.15) is 117 Å². The third-order valence-corrected chi connectivity index (χ3v) is 6.22. The molecule has 0 aliphatic rings. The first-order chi connectivity index (χ1) is 17.2. The Bertz CT molecular complexity index is 587. The van der Waals surface area contributed by atoms with Crippen LogP contribution in [0.5, 0.6) is 0 Å². The Morgan fingerprint density at radius 1 is 0.579 bits per heavy atom. The van der Waals surface area contributed by atoms with E-state index in [9.17, 15) is 34.5 Å². The number of nitrogens with zero attached hydrogens (tertiary/aromatic N) is 2. The van der Waals surface area contributed by atoms with Gasteiger partial charge in [-0.25, -0.2) is 0 Å². The first-order valence-corrected chi connectivity index (χ1v) is 13.8. The molecular weight excluding hydrogens is 510 g/mol. The topological polar surface area (TPSA) is 141 Å². The number of amides is 2. The second-order valence-corrected chi connectivity index (χ2v) is 9.61. The van der Waals surface area contributed by atoms with Crippen LogP contribution in [0.15, 0.2) is 0 Å². The van der Waals surface area contributed by atoms with Crippen molar-refractivity contribution in [1.29, 1.82) is 0 Å². The van der Waals surface area contributed by atoms with Crippen molar-refractivity contribution in [3.05, 3.63) is 0 Å². The minimum atomic E-state index is -1.30. The first kappa shape index (κ1) is 42.3. The molecule has 38 heavy (non-hydrogen) atoms. The molecule has 9 nitrogen and oxygen atoms in total. The van der Waals surface area contributed by atoms with Crippen LogP contribution in [0.3, 0.4) is 0 Å². The predicted molar refractivity (Wildman–Crippen MR) is 134 cm³/mol. The number of aliphatic carboxylic acids is 2. The maximum Gasteiger partial charge on any atom is 1.00 e. The van der Waals surface area contributed by atoms with E-state index in [1.165, 1.54) is 9.80 Å². The molecule has 0 saturated heterocycles. The summed E-state index contributed by atoms with van der Waals surface area (Å²) in [7, 11) is 0. The van der Waals surface area contributed by atoms with Crippen LogP contribution in [0.4, 0.5) is 0 Å². The SMILES string of the molecule is CCCCCCCCN(CC(O)CN(CCCCCCCC)C(=O)CCC(=O)[O-])C(=O)CCC(=O)[O-].[Na+].[Na+]. The van der Waals surface area contributed by atoms with Gasteiger partial charge in [0.25, 0.3) is 0 Å². The molecule has 0 bridgehead atoms. The molecule has 0 saturated carbocycles. The number of hydrogen-bond donors (Lipinski definition) is 1. The summed E-state index contributed by atoms with van der Waals surface area (Å²) in [6.45, 7) is 5.07. The maximum absolute atomic E-state index is 12.6. The molecule has 0 heterocycles. The standard InChI is InChI=1S/C27H50N2O7.2Na/c1-3-5-7-9-11-13-19-28(24(31)15-17-26(33)34)21-23(30)22-29(25(32)16-18-27(35)36)20-14-12-10-8-6-4-2;;/h23,30H,3-22H2,1-2H3,(H,33,34)(H,35,36);;/q;2*+1/p-2. The largest absolute Gasteiger partial charge is 1.00 e. The molecule has 0 rings (SSSR count). The van der Waals surface area contributed by atoms with Gasteiger partial charge in [-0.2, -0.15) is 0 Å². The zero-order valence-electron chi connectivity index (χ0n) is 24.5. The van der Waals surface area contributed by atoms with Gasteiger partial charge < -0.3 is 34.7 Å². The van der Waals surface area contributed by atoms with Gasteiger partial charge in [0.2, 0.25) is 11.8 Å². The average molecular weight is 559 g/mol. The minimum absolute atomic E-state index is 0. The van der Waals surface area contributed by atoms with E-state index in [-0.39, 0.29) is 110 Å². The van der Waals surface area contributed by atoms with E-state index < -0.39 is 18.0 Å². The van der Waals surface area contributed by atoms with Gasteiger partial charge in [-0.15, -0.1) is 0 Å². The fourth-order valence-corrected chi connectivity index (χ4v) is 4.10. The second-order valence-electron chi connectivity index (χ2n) is 9.61. The van der Waals surface area contributed by atoms with Crippen molar-refractivity contribution in [2.45, 2.75) is 123 Å². The Morgan fingerprint density at radius 3 is 1.21 bits per heavy atom. The van der Waals surface area contributed by atoms with Gasteiger partial charge in [0.05, 0.1) is 6.10 Å². The zero-order chi connectivity index (χ0) is 27.2. The van der Waals surface area contributed by atoms with Gasteiger partial charge in [-0.1, -0.05) is 78.1 Å². The molecule has 0 spiro atoms. The maximum atomic E-state index is 12.6. The van der Waals surface area contributed by atoms with Crippen molar-refractivity contribution in [1.82, 2.24) is 9.80 Å². The van der Waals surface area contributed by atoms with Crippen molar-refractivity contribution in [3.63, 3.8) is 0 Å². The number of unbranched alkanes of at least 4 members (excludes halogenated alkanes) is 10. The van der Waals surface area contributed by atoms with Crippen LogP contribution >= 0.6 is 0 Å². The molecule has 0 radical (unpaired) electrons. The zero-order valence-corrected chi connectivity index (χ0v) is 28.5. The van der Waals surface area contributed by atoms with Crippen LogP contribution in [0.25, 0.3) is 0 Å². The van der Waals surface area contributed by atoms with E-state index in [1.54, 1.807) is 0 Å². The summed E-state index contributed by atoms with van der Waals surface area (Å²) >= 11 is 0. The number of rotatable bonds is 24. The molecule has 2 amide bonds. The van der Waals surface area contributed by atoms with Gasteiger partial charge in [0.15, 0.2) is 0 Å². The third kappa shape index (κ3) is 24.9. The second kappa shape index (κ2) is 28.4. The number of aliphatic hydroxyl groups is 1. The minimum Gasteiger partial charge on any atom is -0.550 e. The summed E-state index contributed by atoms with van der Waals surface area (Å²) in [6.07, 6.45) is 10.1. The van der Waals surface area contributed by atoms with Gasteiger partial charge in [0, 0.05) is 51.0 Å². The number of carbonyl (C=O) groups is 4. The van der Waals surface area contributed by atoms with Crippen molar-refractivity contribution < 1.29 is 93.6 Å². The van der Waals surface area contributed by atoms with E-state index in [2.05, 4.69) is 13.8 Å². The quantitative estimate of drug-likeness (QED) is 0.0936. The molecule has 0 aromatic rings. The predicted octanol–water partition coefficient (Wildman–Crippen LogP) is -4.21. The molecule has 0 aliphatic carbocycles. The van der Waals surface area contributed by atoms with Gasteiger partial charge in [0.1, 0.15) is 0 Å². The van der Waals surface area contributed by atoms with Crippen molar-refractivity contribution >= 4 is 23.8 Å². The summed E-state index contributed by atoms with van der Waals surface area (Å²) in [5.41, 5.74) is 0. The molecule has 11 heteroatoms. The molecule has 0 atom stereocenters. The van der Waals surface area contributed by atoms with E-state index >= 15 is 0 Å². The van der Waals surface area contributed by atoms with E-state index in [0.717, 1.165) is 77.0 Å². The van der Waals surface area contributed by atoms with Crippen LogP contribution < -0.4 is 69.3 Å². The normalized spacial score (nSPS) is 10.4. The van der Waals surface area contributed by atoms with Crippen LogP contribution in [-0.4, -0.2) is 70.9 Å². The Balaban J connectivity index is -0.00000612. The molecule has 0 aromatic heterocycles. The van der Waals surface area contributed by atoms with E-state index in [1.807, 2.05) is 0 Å². The fourth-order valence-electron chi connectivity index (χ4n) is 4.10. The smallest absolute Gasteiger partial charge is 0.550 e. The van der Waals surface area contributed by atoms with Crippen molar-refractivity contribution in [2.75, 3.05) is 26.2 Å². The first-order valence-electron chi connectivity index (χ1n) is 13.8. The molecule has 0 aliphatic heterocycles. The van der Waals surface area contributed by atoms with Crippen molar-refractivity contribution in [3.8, 4) is 0 Å². The number of aliphatic hydroxyl groups excluding tert-OH is 1. The molecule has 0 unspecified atom stereocenters. The van der Waals surface area contributed by atoms with Crippen LogP contribution in [0.2, 0.25) is 0 Å². The molecule has 0 aromatic carbocycles. The van der Waals surface area contributed by atoms with Gasteiger partial charge in [-0.3, -0.25) is 9.59 Å². The molecule has 210 valence electrons. The van der Waals surface area contributed by atoms with E-state index in [0.29, 0.717) is 13.1 Å². The fraction of sp³-hybridized carbons (Fsp3) is 0.852. The van der Waals surface area contributed by atoms with Crippen LogP contribution in [0, 0.1) is 0 Å². The number of carboxylic acids is 2. The van der Waals surface area contributed by atoms with Crippen LogP contribution in [-0.2, 0) is 19.2 Å². The Labute approximate surface area is 274 Å². The molecule has 0 fully saturated rings. The number of carboxylic acid groups (broad SMARTS) is 2. The van der Waals surface area contributed by atoms with Gasteiger partial charge in [-0.05, 0) is 25.7 Å². The third-order valence-electron chi connectivity index (χ3n) is 6.22. The molecule has 1 N–H and O–H groups in total. The van der Waals surface area contributed by atoms with Gasteiger partial charge >= 0.3 is 59.1 Å². The Morgan fingerprint density at radius 2 is 0.895 bits per heavy atom. The summed E-state index contributed by atoms with van der Waals surface area (Å²) in [4.78, 5) is 49.8. The average Bonchev–Trinajstić information content (AvgIpc) is 2.83. The Hall–Kier alpha value is -0.160. The summed E-state index contributed by atoms with van der Waals surface area (Å²) in [6, 6.07) is 0. The molecular formula is C27H48N2Na2O7. The summed E-state index contributed by atoms with van der Waals surface area (Å²) in [5, 5.41) is 32.3. The number of carbonyl (C=O) groups excluding carboxylic acids is 4. The number of hydrogen-bond acceptors (Lipinski definition) is 7. The summed E-state index contributed by atoms with van der Waals surface area (Å²) in [5.74, 6) is -3.32. The monoisotopic (exact) mass is 558 g/mol. The summed E-state index contributed by atoms with van der Waals surface area (Å²) < 4.78 is 0. The Kier molecular flexibility index (Phi) is 31.6. The van der Waals surface area contributed by atoms with E-state index in [4.69, 9.17) is 0 Å².